The van der Waals surface area contributed by atoms with Crippen molar-refractivity contribution in [3.8, 4) is 0 Å². The van der Waals surface area contributed by atoms with E-state index in [9.17, 15) is 19.1 Å². The number of hydrogen-bond acceptors (Lipinski definition) is 6. The largest absolute Gasteiger partial charge is 0.411 e. The van der Waals surface area contributed by atoms with E-state index in [-0.39, 0.29) is 23.1 Å². The Morgan fingerprint density at radius 3 is 1.98 bits per heavy atom. The fourth-order valence-corrected chi connectivity index (χ4v) is 11.6. The molecule has 1 aliphatic rings. The summed E-state index contributed by atoms with van der Waals surface area (Å²) in [5, 5.41) is 12.7. The van der Waals surface area contributed by atoms with Crippen LogP contribution in [-0.2, 0) is 13.6 Å². The van der Waals surface area contributed by atoms with E-state index >= 15 is 0 Å². The molecule has 3 aromatic rings. The fourth-order valence-electron chi connectivity index (χ4n) is 5.63. The van der Waals surface area contributed by atoms with Crippen LogP contribution in [0.2, 0.25) is 23.2 Å². The normalized spacial score (nSPS) is 21.7. The molecule has 11 heteroatoms. The molecule has 8 nitrogen and oxygen atoms in total. The van der Waals surface area contributed by atoms with Gasteiger partial charge >= 0.3 is 5.69 Å². The highest BCUT2D eigenvalue weighted by Gasteiger charge is 2.57. The van der Waals surface area contributed by atoms with Crippen molar-refractivity contribution in [3.63, 3.8) is 0 Å². The van der Waals surface area contributed by atoms with Gasteiger partial charge in [0, 0.05) is 6.42 Å². The summed E-state index contributed by atoms with van der Waals surface area (Å²) in [6.07, 6.45) is -0.666. The zero-order valence-corrected chi connectivity index (χ0v) is 28.4. The van der Waals surface area contributed by atoms with Crippen LogP contribution in [0, 0.1) is 5.82 Å². The number of benzene rings is 2. The van der Waals surface area contributed by atoms with Gasteiger partial charge in [0.15, 0.2) is 8.32 Å². The molecular weight excluding hydrogens is 584 g/mol. The highest BCUT2D eigenvalue weighted by molar-refractivity contribution is 6.99. The average Bonchev–Trinajstić information content (AvgIpc) is 3.28. The first-order valence-electron chi connectivity index (χ1n) is 14.7. The molecule has 43 heavy (non-hydrogen) atoms. The van der Waals surface area contributed by atoms with E-state index in [4.69, 9.17) is 13.6 Å². The van der Waals surface area contributed by atoms with Crippen molar-refractivity contribution in [2.45, 2.75) is 89.1 Å². The molecular formula is C32H45FN2O6Si2. The minimum Gasteiger partial charge on any atom is -0.411 e. The lowest BCUT2D eigenvalue weighted by atomic mass is 9.99. The molecule has 4 rings (SSSR count). The second kappa shape index (κ2) is 12.0. The standard InChI is InChI=1S/C32H45FN2O6Si2/c1-30(2,3)42(7,8)41-26-19-27(35-20-25(33)28(37)34-29(35)38)40-32(26,21-36)22-39-43(31(4,5)6,23-15-11-9-12-16-23)24-17-13-10-14-18-24/h9-18,20,26-27,36H,19,21-22H2,1-8H3,(H,34,37,38)/t26-,27+,32+/m0/s1. The Bertz CT molecular complexity index is 1480. The van der Waals surface area contributed by atoms with E-state index in [1.165, 1.54) is 0 Å². The SMILES string of the molecule is CC(C)(C)[Si](C)(C)O[C@H]1C[C@H](n2cc(F)c(=O)[nH]c2=O)O[C@]1(CO)CO[Si](c1ccccc1)(c1ccccc1)C(C)(C)C. The molecule has 2 N–H and O–H groups in total. The molecule has 0 saturated carbocycles. The van der Waals surface area contributed by atoms with Crippen LogP contribution >= 0.6 is 0 Å². The maximum atomic E-state index is 14.4. The average molecular weight is 629 g/mol. The van der Waals surface area contributed by atoms with Gasteiger partial charge in [-0.25, -0.2) is 4.79 Å². The number of rotatable bonds is 9. The van der Waals surface area contributed by atoms with Crippen molar-refractivity contribution >= 4 is 27.0 Å². The predicted molar refractivity (Wildman–Crippen MR) is 171 cm³/mol. The number of H-pyrrole nitrogens is 1. The Kier molecular flexibility index (Phi) is 9.28. The number of halogens is 1. The Morgan fingerprint density at radius 1 is 0.977 bits per heavy atom. The molecule has 1 aromatic heterocycles. The second-order valence-electron chi connectivity index (χ2n) is 14.0. The van der Waals surface area contributed by atoms with Gasteiger partial charge in [-0.3, -0.25) is 14.3 Å². The number of aliphatic hydroxyl groups is 1. The first kappa shape index (κ1) is 33.2. The predicted octanol–water partition coefficient (Wildman–Crippen LogP) is 4.29. The third-order valence-electron chi connectivity index (χ3n) is 9.07. The van der Waals surface area contributed by atoms with Gasteiger partial charge in [-0.2, -0.15) is 4.39 Å². The van der Waals surface area contributed by atoms with Gasteiger partial charge in [-0.15, -0.1) is 0 Å². The maximum absolute atomic E-state index is 14.4. The van der Waals surface area contributed by atoms with Gasteiger partial charge in [-0.05, 0) is 33.5 Å². The third kappa shape index (κ3) is 6.29. The summed E-state index contributed by atoms with van der Waals surface area (Å²) in [5.41, 5.74) is -3.28. The van der Waals surface area contributed by atoms with Crippen LogP contribution in [0.25, 0.3) is 0 Å². The smallest absolute Gasteiger partial charge is 0.330 e. The number of nitrogens with one attached hydrogen (secondary N) is 1. The Morgan fingerprint density at radius 2 is 1.51 bits per heavy atom. The number of aromatic amines is 1. The Hall–Kier alpha value is -2.68. The summed E-state index contributed by atoms with van der Waals surface area (Å²) in [6.45, 7) is 16.6. The Balaban J connectivity index is 1.85. The van der Waals surface area contributed by atoms with Gasteiger partial charge in [-0.1, -0.05) is 102 Å². The van der Waals surface area contributed by atoms with Crippen LogP contribution in [0.5, 0.6) is 0 Å². The van der Waals surface area contributed by atoms with Crippen molar-refractivity contribution in [1.29, 1.82) is 0 Å². The van der Waals surface area contributed by atoms with Crippen molar-refractivity contribution in [2.24, 2.45) is 0 Å². The van der Waals surface area contributed by atoms with Crippen molar-refractivity contribution in [1.82, 2.24) is 9.55 Å². The second-order valence-corrected chi connectivity index (χ2v) is 23.1. The summed E-state index contributed by atoms with van der Waals surface area (Å²) in [4.78, 5) is 26.6. The minimum absolute atomic E-state index is 0.0346. The molecule has 0 radical (unpaired) electrons. The highest BCUT2D eigenvalue weighted by Crippen LogP contribution is 2.46. The van der Waals surface area contributed by atoms with Gasteiger partial charge in [0.25, 0.3) is 13.9 Å². The third-order valence-corrected chi connectivity index (χ3v) is 18.5. The minimum atomic E-state index is -3.04. The lowest BCUT2D eigenvalue weighted by Gasteiger charge is -2.46. The number of ether oxygens (including phenoxy) is 1. The molecule has 1 fully saturated rings. The van der Waals surface area contributed by atoms with Crippen LogP contribution in [-0.4, -0.2) is 56.2 Å². The topological polar surface area (TPSA) is 103 Å². The van der Waals surface area contributed by atoms with E-state index in [1.807, 2.05) is 41.4 Å². The van der Waals surface area contributed by atoms with E-state index < -0.39 is 58.2 Å². The zero-order valence-electron chi connectivity index (χ0n) is 26.4. The molecule has 2 aromatic carbocycles. The summed E-state index contributed by atoms with van der Waals surface area (Å²) in [6, 6.07) is 20.3. The van der Waals surface area contributed by atoms with E-state index in [0.29, 0.717) is 0 Å². The van der Waals surface area contributed by atoms with E-state index in [2.05, 4.69) is 78.9 Å². The fraction of sp³-hybridized carbons (Fsp3) is 0.500. The van der Waals surface area contributed by atoms with Crippen LogP contribution in [0.3, 0.4) is 0 Å². The molecule has 0 amide bonds. The summed E-state index contributed by atoms with van der Waals surface area (Å²) in [5.74, 6) is -1.10. The Labute approximate surface area is 255 Å². The van der Waals surface area contributed by atoms with Crippen molar-refractivity contribution < 1.29 is 23.1 Å². The van der Waals surface area contributed by atoms with Crippen LogP contribution < -0.4 is 21.6 Å². The molecule has 0 aliphatic carbocycles. The van der Waals surface area contributed by atoms with Crippen LogP contribution in [0.4, 0.5) is 4.39 Å². The molecule has 1 saturated heterocycles. The maximum Gasteiger partial charge on any atom is 0.330 e. The molecule has 3 atom stereocenters. The quantitative estimate of drug-likeness (QED) is 0.343. The number of nitrogens with zero attached hydrogens (tertiary/aromatic N) is 1. The first-order chi connectivity index (χ1) is 20.0. The number of aliphatic hydroxyl groups excluding tert-OH is 1. The summed E-state index contributed by atoms with van der Waals surface area (Å²) >= 11 is 0. The van der Waals surface area contributed by atoms with E-state index in [1.54, 1.807) is 0 Å². The van der Waals surface area contributed by atoms with Crippen molar-refractivity contribution in [3.05, 3.63) is 93.5 Å². The first-order valence-corrected chi connectivity index (χ1v) is 19.5. The lowest BCUT2D eigenvalue weighted by molar-refractivity contribution is -0.144. The van der Waals surface area contributed by atoms with Crippen LogP contribution in [0.15, 0.2) is 76.4 Å². The molecule has 234 valence electrons. The van der Waals surface area contributed by atoms with Gasteiger partial charge in [0.05, 0.1) is 25.5 Å². The van der Waals surface area contributed by atoms with Crippen molar-refractivity contribution in [2.75, 3.05) is 13.2 Å². The number of hydrogen-bond donors (Lipinski definition) is 2. The number of aromatic nitrogens is 2. The van der Waals surface area contributed by atoms with Gasteiger partial charge in [0.2, 0.25) is 5.82 Å². The molecule has 0 unspecified atom stereocenters. The lowest BCUT2D eigenvalue weighted by Crippen LogP contribution is -2.68. The monoisotopic (exact) mass is 628 g/mol. The molecule has 0 spiro atoms. The molecule has 2 heterocycles. The summed E-state index contributed by atoms with van der Waals surface area (Å²) < 4.78 is 36.0. The molecule has 0 bridgehead atoms. The highest BCUT2D eigenvalue weighted by atomic mass is 28.4. The molecule has 1 aliphatic heterocycles. The van der Waals surface area contributed by atoms with Gasteiger partial charge in [0.1, 0.15) is 11.8 Å². The summed E-state index contributed by atoms with van der Waals surface area (Å²) in [7, 11) is -5.48. The van der Waals surface area contributed by atoms with E-state index in [0.717, 1.165) is 21.1 Å². The van der Waals surface area contributed by atoms with Gasteiger partial charge < -0.3 is 18.7 Å². The zero-order chi connectivity index (χ0) is 31.8. The van der Waals surface area contributed by atoms with Crippen LogP contribution in [0.1, 0.15) is 54.2 Å².